The monoisotopic (exact) mass is 305 g/mol. The maximum absolute atomic E-state index is 12.7. The summed E-state index contributed by atoms with van der Waals surface area (Å²) in [5.41, 5.74) is 0.751. The Balaban J connectivity index is 3.41. The van der Waals surface area contributed by atoms with Crippen molar-refractivity contribution in [3.63, 3.8) is 0 Å². The number of rotatable bonds is 6. The summed E-state index contributed by atoms with van der Waals surface area (Å²) < 4.78 is 31.9. The van der Waals surface area contributed by atoms with Gasteiger partial charge in [-0.2, -0.15) is 4.31 Å². The molecule has 0 heterocycles. The summed E-state index contributed by atoms with van der Waals surface area (Å²) in [5.74, 6) is 0.605. The third kappa shape index (κ3) is 3.41. The van der Waals surface area contributed by atoms with Gasteiger partial charge >= 0.3 is 0 Å². The zero-order valence-corrected chi connectivity index (χ0v) is 13.3. The molecule has 0 fully saturated rings. The Morgan fingerprint density at radius 2 is 2.00 bits per heavy atom. The van der Waals surface area contributed by atoms with Gasteiger partial charge in [-0.25, -0.2) is 8.42 Å². The van der Waals surface area contributed by atoms with Crippen molar-refractivity contribution in [1.82, 2.24) is 4.31 Å². The lowest BCUT2D eigenvalue weighted by molar-refractivity contribution is 0.361. The summed E-state index contributed by atoms with van der Waals surface area (Å²) in [6.07, 6.45) is 0. The molecule has 0 atom stereocenters. The van der Waals surface area contributed by atoms with Crippen molar-refractivity contribution in [2.24, 2.45) is 0 Å². The van der Waals surface area contributed by atoms with Gasteiger partial charge in [0.25, 0.3) is 0 Å². The minimum absolute atomic E-state index is 0.112. The second kappa shape index (κ2) is 6.59. The number of nitrogens with zero attached hydrogens (tertiary/aromatic N) is 1. The molecule has 1 rings (SSSR count). The first kappa shape index (κ1) is 16.3. The lowest BCUT2D eigenvalue weighted by Crippen LogP contribution is -2.36. The maximum atomic E-state index is 12.7. The first-order chi connectivity index (χ1) is 8.88. The van der Waals surface area contributed by atoms with Gasteiger partial charge in [0.1, 0.15) is 10.6 Å². The molecule has 0 saturated heterocycles. The Hall–Kier alpha value is -0.780. The number of hydrogen-bond donors (Lipinski definition) is 0. The molecule has 0 N–H and O–H groups in total. The Bertz CT molecular complexity index is 529. The van der Waals surface area contributed by atoms with Gasteiger partial charge in [-0.3, -0.25) is 0 Å². The molecule has 0 radical (unpaired) electrons. The van der Waals surface area contributed by atoms with E-state index in [1.165, 1.54) is 11.4 Å². The minimum atomic E-state index is -3.58. The summed E-state index contributed by atoms with van der Waals surface area (Å²) in [6.45, 7) is 5.92. The van der Waals surface area contributed by atoms with Gasteiger partial charge in [-0.15, -0.1) is 11.6 Å². The van der Waals surface area contributed by atoms with E-state index in [9.17, 15) is 8.42 Å². The van der Waals surface area contributed by atoms with E-state index in [4.69, 9.17) is 16.3 Å². The number of hydrogen-bond acceptors (Lipinski definition) is 3. The normalized spacial score (nSPS) is 12.2. The summed E-state index contributed by atoms with van der Waals surface area (Å²) >= 11 is 5.77. The maximum Gasteiger partial charge on any atom is 0.246 e. The van der Waals surface area contributed by atoms with Crippen LogP contribution in [0.1, 0.15) is 26.3 Å². The fourth-order valence-electron chi connectivity index (χ4n) is 1.94. The molecule has 0 amide bonds. The molecule has 0 saturated carbocycles. The van der Waals surface area contributed by atoms with Crippen LogP contribution in [0.5, 0.6) is 5.75 Å². The molecule has 0 bridgehead atoms. The SMILES string of the molecule is CCN(C(C)C)S(=O)(=O)c1cc(CCl)ccc1OC. The van der Waals surface area contributed by atoms with Crippen molar-refractivity contribution >= 4 is 21.6 Å². The van der Waals surface area contributed by atoms with Crippen molar-refractivity contribution in [1.29, 1.82) is 0 Å². The van der Waals surface area contributed by atoms with E-state index in [1.807, 2.05) is 20.8 Å². The standard InChI is InChI=1S/C13H20ClNO3S/c1-5-15(10(2)3)19(16,17)13-8-11(9-14)6-7-12(13)18-4/h6-8,10H,5,9H2,1-4H3. The minimum Gasteiger partial charge on any atom is -0.495 e. The molecule has 0 unspecified atom stereocenters. The van der Waals surface area contributed by atoms with Gasteiger partial charge in [0.15, 0.2) is 0 Å². The molecule has 0 spiro atoms. The third-order valence-electron chi connectivity index (χ3n) is 2.86. The predicted molar refractivity (Wildman–Crippen MR) is 77.3 cm³/mol. The highest BCUT2D eigenvalue weighted by atomic mass is 35.5. The smallest absolute Gasteiger partial charge is 0.246 e. The van der Waals surface area contributed by atoms with E-state index in [-0.39, 0.29) is 16.8 Å². The number of sulfonamides is 1. The first-order valence-corrected chi connectivity index (χ1v) is 8.10. The summed E-state index contributed by atoms with van der Waals surface area (Å²) in [5, 5.41) is 0. The number of methoxy groups -OCH3 is 1. The Morgan fingerprint density at radius 1 is 1.37 bits per heavy atom. The Morgan fingerprint density at radius 3 is 2.42 bits per heavy atom. The van der Waals surface area contributed by atoms with E-state index >= 15 is 0 Å². The van der Waals surface area contributed by atoms with Crippen LogP contribution < -0.4 is 4.74 Å². The van der Waals surface area contributed by atoms with Crippen molar-refractivity contribution in [2.45, 2.75) is 37.6 Å². The van der Waals surface area contributed by atoms with Crippen molar-refractivity contribution in [2.75, 3.05) is 13.7 Å². The summed E-state index contributed by atoms with van der Waals surface area (Å²) in [6, 6.07) is 4.86. The molecule has 0 aliphatic carbocycles. The van der Waals surface area contributed by atoms with Gasteiger partial charge in [-0.05, 0) is 31.5 Å². The molecule has 4 nitrogen and oxygen atoms in total. The van der Waals surface area contributed by atoms with Crippen LogP contribution >= 0.6 is 11.6 Å². The summed E-state index contributed by atoms with van der Waals surface area (Å²) in [4.78, 5) is 0.170. The largest absolute Gasteiger partial charge is 0.495 e. The topological polar surface area (TPSA) is 46.6 Å². The van der Waals surface area contributed by atoms with Gasteiger partial charge in [0.2, 0.25) is 10.0 Å². The van der Waals surface area contributed by atoms with Crippen LogP contribution in [-0.2, 0) is 15.9 Å². The molecule has 0 aliphatic heterocycles. The van der Waals surface area contributed by atoms with Gasteiger partial charge in [0, 0.05) is 18.5 Å². The highest BCUT2D eigenvalue weighted by molar-refractivity contribution is 7.89. The molecular weight excluding hydrogens is 286 g/mol. The zero-order chi connectivity index (χ0) is 14.6. The number of halogens is 1. The fourth-order valence-corrected chi connectivity index (χ4v) is 3.96. The van der Waals surface area contributed by atoms with Gasteiger partial charge in [0.05, 0.1) is 7.11 Å². The van der Waals surface area contributed by atoms with Crippen LogP contribution in [-0.4, -0.2) is 32.4 Å². The second-order valence-electron chi connectivity index (χ2n) is 4.42. The van der Waals surface area contributed by atoms with E-state index in [0.29, 0.717) is 12.3 Å². The third-order valence-corrected chi connectivity index (χ3v) is 5.34. The molecule has 1 aromatic rings. The average molecular weight is 306 g/mol. The van der Waals surface area contributed by atoms with Crippen molar-refractivity contribution in [3.05, 3.63) is 23.8 Å². The molecule has 6 heteroatoms. The lowest BCUT2D eigenvalue weighted by Gasteiger charge is -2.25. The fraction of sp³-hybridized carbons (Fsp3) is 0.538. The molecule has 0 aromatic heterocycles. The lowest BCUT2D eigenvalue weighted by atomic mass is 10.2. The van der Waals surface area contributed by atoms with E-state index in [0.717, 1.165) is 5.56 Å². The molecule has 0 aliphatic rings. The zero-order valence-electron chi connectivity index (χ0n) is 11.7. The highest BCUT2D eigenvalue weighted by Gasteiger charge is 2.28. The van der Waals surface area contributed by atoms with Crippen LogP contribution in [0.25, 0.3) is 0 Å². The average Bonchev–Trinajstić information content (AvgIpc) is 2.37. The van der Waals surface area contributed by atoms with Crippen LogP contribution in [0.15, 0.2) is 23.1 Å². The first-order valence-electron chi connectivity index (χ1n) is 6.13. The van der Waals surface area contributed by atoms with Crippen LogP contribution in [0, 0.1) is 0 Å². The van der Waals surface area contributed by atoms with Crippen LogP contribution in [0.2, 0.25) is 0 Å². The number of ether oxygens (including phenoxy) is 1. The van der Waals surface area contributed by atoms with E-state index in [1.54, 1.807) is 18.2 Å². The highest BCUT2D eigenvalue weighted by Crippen LogP contribution is 2.29. The van der Waals surface area contributed by atoms with E-state index < -0.39 is 10.0 Å². The van der Waals surface area contributed by atoms with Crippen LogP contribution in [0.3, 0.4) is 0 Å². The molecule has 19 heavy (non-hydrogen) atoms. The second-order valence-corrected chi connectivity index (χ2v) is 6.55. The van der Waals surface area contributed by atoms with Crippen LogP contribution in [0.4, 0.5) is 0 Å². The predicted octanol–water partition coefficient (Wildman–Crippen LogP) is 2.85. The number of benzene rings is 1. The van der Waals surface area contributed by atoms with Gasteiger partial charge < -0.3 is 4.74 Å². The number of alkyl halides is 1. The van der Waals surface area contributed by atoms with Gasteiger partial charge in [-0.1, -0.05) is 13.0 Å². The summed E-state index contributed by atoms with van der Waals surface area (Å²) in [7, 11) is -2.12. The Labute approximate surface area is 120 Å². The van der Waals surface area contributed by atoms with Crippen molar-refractivity contribution < 1.29 is 13.2 Å². The molecule has 108 valence electrons. The quantitative estimate of drug-likeness (QED) is 0.759. The Kier molecular flexibility index (Phi) is 5.64. The molecular formula is C13H20ClNO3S. The van der Waals surface area contributed by atoms with E-state index in [2.05, 4.69) is 0 Å². The van der Waals surface area contributed by atoms with Crippen molar-refractivity contribution in [3.8, 4) is 5.75 Å². The molecule has 1 aromatic carbocycles.